The van der Waals surface area contributed by atoms with E-state index in [-0.39, 0.29) is 41.6 Å². The maximum atomic E-state index is 13.7. The highest BCUT2D eigenvalue weighted by Crippen LogP contribution is 2.17. The van der Waals surface area contributed by atoms with Gasteiger partial charge in [-0.25, -0.2) is 9.38 Å². The Hall–Kier alpha value is -1.09. The lowest BCUT2D eigenvalue weighted by atomic mass is 10.1. The molecule has 0 spiro atoms. The molecule has 1 heterocycles. The van der Waals surface area contributed by atoms with Crippen molar-refractivity contribution in [3.05, 3.63) is 30.1 Å². The van der Waals surface area contributed by atoms with Gasteiger partial charge in [-0.2, -0.15) is 0 Å². The average molecular weight is 492 g/mol. The van der Waals surface area contributed by atoms with Gasteiger partial charge in [-0.1, -0.05) is 19.1 Å². The Morgan fingerprint density at radius 3 is 2.81 bits per heavy atom. The van der Waals surface area contributed by atoms with E-state index in [1.54, 1.807) is 18.2 Å². The molecular weight excluding hydrogens is 458 g/mol. The number of aliphatic imine (C=N–C) groups is 1. The third-order valence-corrected chi connectivity index (χ3v) is 4.48. The molecule has 1 aliphatic heterocycles. The fraction of sp³-hybridized carbons (Fsp3) is 0.650. The van der Waals surface area contributed by atoms with Gasteiger partial charge in [0.25, 0.3) is 0 Å². The number of para-hydroxylation sites is 1. The monoisotopic (exact) mass is 492 g/mol. The molecule has 0 aliphatic carbocycles. The van der Waals surface area contributed by atoms with Crippen molar-refractivity contribution in [2.75, 3.05) is 39.3 Å². The Morgan fingerprint density at radius 2 is 2.11 bits per heavy atom. The van der Waals surface area contributed by atoms with Gasteiger partial charge in [0, 0.05) is 19.6 Å². The van der Waals surface area contributed by atoms with E-state index >= 15 is 0 Å². The number of nitrogens with zero attached hydrogens (tertiary/aromatic N) is 2. The summed E-state index contributed by atoms with van der Waals surface area (Å²) in [5, 5.41) is 6.71. The molecule has 2 N–H and O–H groups in total. The summed E-state index contributed by atoms with van der Waals surface area (Å²) in [6, 6.07) is 6.47. The van der Waals surface area contributed by atoms with E-state index in [2.05, 4.69) is 34.4 Å². The second kappa shape index (κ2) is 13.1. The Morgan fingerprint density at radius 1 is 1.33 bits per heavy atom. The Kier molecular flexibility index (Phi) is 11.7. The van der Waals surface area contributed by atoms with E-state index in [0.29, 0.717) is 12.5 Å². The lowest BCUT2D eigenvalue weighted by Crippen LogP contribution is -2.41. The number of likely N-dealkylation sites (tertiary alicyclic amines) is 1. The van der Waals surface area contributed by atoms with Crippen LogP contribution in [0.25, 0.3) is 0 Å². The van der Waals surface area contributed by atoms with E-state index < -0.39 is 0 Å². The van der Waals surface area contributed by atoms with Crippen molar-refractivity contribution in [1.29, 1.82) is 0 Å². The van der Waals surface area contributed by atoms with Gasteiger partial charge >= 0.3 is 0 Å². The second-order valence-electron chi connectivity index (χ2n) is 6.91. The van der Waals surface area contributed by atoms with Crippen LogP contribution in [0, 0.1) is 11.7 Å². The van der Waals surface area contributed by atoms with E-state index in [9.17, 15) is 4.39 Å². The van der Waals surface area contributed by atoms with Crippen LogP contribution < -0.4 is 15.4 Å². The third kappa shape index (κ3) is 8.64. The molecule has 1 saturated heterocycles. The van der Waals surface area contributed by atoms with Crippen molar-refractivity contribution in [3.63, 3.8) is 0 Å². The number of benzene rings is 1. The van der Waals surface area contributed by atoms with Gasteiger partial charge in [0.1, 0.15) is 6.10 Å². The summed E-state index contributed by atoms with van der Waals surface area (Å²) in [6.07, 6.45) is 2.25. The van der Waals surface area contributed by atoms with Crippen molar-refractivity contribution >= 4 is 29.9 Å². The maximum absolute atomic E-state index is 13.7. The van der Waals surface area contributed by atoms with Gasteiger partial charge in [-0.3, -0.25) is 0 Å². The third-order valence-electron chi connectivity index (χ3n) is 4.48. The number of ether oxygens (including phenoxy) is 1. The smallest absolute Gasteiger partial charge is 0.191 e. The van der Waals surface area contributed by atoms with Gasteiger partial charge in [-0.05, 0) is 57.8 Å². The molecule has 1 aromatic carbocycles. The summed E-state index contributed by atoms with van der Waals surface area (Å²) in [4.78, 5) is 7.12. The quantitative estimate of drug-likeness (QED) is 0.315. The summed E-state index contributed by atoms with van der Waals surface area (Å²) in [5.74, 6) is 1.39. The zero-order chi connectivity index (χ0) is 18.8. The van der Waals surface area contributed by atoms with Crippen LogP contribution in [0.15, 0.2) is 29.3 Å². The van der Waals surface area contributed by atoms with Crippen molar-refractivity contribution in [1.82, 2.24) is 15.5 Å². The van der Waals surface area contributed by atoms with Crippen molar-refractivity contribution < 1.29 is 9.13 Å². The molecule has 2 unspecified atom stereocenters. The molecule has 7 heteroatoms. The first-order valence-corrected chi connectivity index (χ1v) is 9.78. The minimum atomic E-state index is -0.341. The lowest BCUT2D eigenvalue weighted by molar-refractivity contribution is 0.220. The lowest BCUT2D eigenvalue weighted by Gasteiger charge is -2.18. The first kappa shape index (κ1) is 23.9. The van der Waals surface area contributed by atoms with Crippen LogP contribution in [-0.2, 0) is 0 Å². The highest BCUT2D eigenvalue weighted by molar-refractivity contribution is 14.0. The standard InChI is InChI=1S/C20H33FN4O.HI/c1-4-11-25-12-10-17(15-25)14-24-20(22-5-2)23-13-16(3)26-19-9-7-6-8-18(19)21;/h6-9,16-17H,4-5,10-15H2,1-3H3,(H2,22,23,24);1H. The first-order chi connectivity index (χ1) is 12.6. The fourth-order valence-corrected chi connectivity index (χ4v) is 3.20. The van der Waals surface area contributed by atoms with Crippen LogP contribution in [0.5, 0.6) is 5.75 Å². The van der Waals surface area contributed by atoms with Crippen LogP contribution >= 0.6 is 24.0 Å². The summed E-state index contributed by atoms with van der Waals surface area (Å²) in [6.45, 7) is 11.9. The molecule has 2 atom stereocenters. The fourth-order valence-electron chi connectivity index (χ4n) is 3.20. The van der Waals surface area contributed by atoms with Gasteiger partial charge in [0.05, 0.1) is 6.54 Å². The Bertz CT molecular complexity index is 573. The van der Waals surface area contributed by atoms with Crippen LogP contribution in [0.1, 0.15) is 33.6 Å². The van der Waals surface area contributed by atoms with Crippen molar-refractivity contribution in [2.24, 2.45) is 10.9 Å². The van der Waals surface area contributed by atoms with E-state index in [0.717, 1.165) is 25.6 Å². The summed E-state index contributed by atoms with van der Waals surface area (Å²) >= 11 is 0. The summed E-state index contributed by atoms with van der Waals surface area (Å²) in [5.41, 5.74) is 0. The number of nitrogens with one attached hydrogen (secondary N) is 2. The molecule has 0 saturated carbocycles. The van der Waals surface area contributed by atoms with Gasteiger partial charge in [0.15, 0.2) is 17.5 Å². The van der Waals surface area contributed by atoms with E-state index in [4.69, 9.17) is 4.74 Å². The molecule has 0 bridgehead atoms. The normalized spacial score (nSPS) is 18.7. The highest BCUT2D eigenvalue weighted by atomic mass is 127. The molecule has 5 nitrogen and oxygen atoms in total. The van der Waals surface area contributed by atoms with Crippen molar-refractivity contribution in [3.8, 4) is 5.75 Å². The molecule has 154 valence electrons. The minimum absolute atomic E-state index is 0. The predicted octanol–water partition coefficient (Wildman–Crippen LogP) is 3.50. The van der Waals surface area contributed by atoms with E-state index in [1.807, 2.05) is 6.92 Å². The molecule has 1 aromatic rings. The molecule has 1 aliphatic rings. The number of guanidine groups is 1. The minimum Gasteiger partial charge on any atom is -0.486 e. The SMILES string of the molecule is CCCN1CCC(CNC(=NCC(C)Oc2ccccc2F)NCC)C1.I. The largest absolute Gasteiger partial charge is 0.486 e. The Labute approximate surface area is 180 Å². The summed E-state index contributed by atoms with van der Waals surface area (Å²) in [7, 11) is 0. The molecule has 1 fully saturated rings. The molecule has 27 heavy (non-hydrogen) atoms. The maximum Gasteiger partial charge on any atom is 0.191 e. The molecule has 0 radical (unpaired) electrons. The number of hydrogen-bond donors (Lipinski definition) is 2. The summed E-state index contributed by atoms with van der Waals surface area (Å²) < 4.78 is 19.3. The first-order valence-electron chi connectivity index (χ1n) is 9.78. The van der Waals surface area contributed by atoms with Crippen LogP contribution in [-0.4, -0.2) is 56.2 Å². The van der Waals surface area contributed by atoms with Gasteiger partial charge in [-0.15, -0.1) is 24.0 Å². The number of halogens is 2. The molecule has 0 aromatic heterocycles. The Balaban J connectivity index is 0.00000364. The van der Waals surface area contributed by atoms with Crippen LogP contribution in [0.3, 0.4) is 0 Å². The average Bonchev–Trinajstić information content (AvgIpc) is 3.07. The topological polar surface area (TPSA) is 48.9 Å². The second-order valence-corrected chi connectivity index (χ2v) is 6.91. The number of rotatable bonds is 9. The highest BCUT2D eigenvalue weighted by Gasteiger charge is 2.21. The number of hydrogen-bond acceptors (Lipinski definition) is 3. The van der Waals surface area contributed by atoms with Gasteiger partial charge < -0.3 is 20.3 Å². The van der Waals surface area contributed by atoms with Crippen LogP contribution in [0.2, 0.25) is 0 Å². The molecule has 2 rings (SSSR count). The van der Waals surface area contributed by atoms with Crippen LogP contribution in [0.4, 0.5) is 4.39 Å². The molecular formula is C20H34FIN4O. The molecule has 0 amide bonds. The van der Waals surface area contributed by atoms with Gasteiger partial charge in [0.2, 0.25) is 0 Å². The zero-order valence-corrected chi connectivity index (χ0v) is 19.0. The predicted molar refractivity (Wildman–Crippen MR) is 121 cm³/mol. The van der Waals surface area contributed by atoms with E-state index in [1.165, 1.54) is 32.0 Å². The van der Waals surface area contributed by atoms with Crippen molar-refractivity contribution in [2.45, 2.75) is 39.7 Å². The zero-order valence-electron chi connectivity index (χ0n) is 16.7.